The lowest BCUT2D eigenvalue weighted by atomic mass is 9.91. The van der Waals surface area contributed by atoms with Gasteiger partial charge >= 0.3 is 6.03 Å². The first-order valence-electron chi connectivity index (χ1n) is 8.79. The number of aryl methyl sites for hydroxylation is 3. The Balaban J connectivity index is 1.75. The summed E-state index contributed by atoms with van der Waals surface area (Å²) in [5.41, 5.74) is 3.25. The molecule has 2 aromatic rings. The number of hydrogen-bond acceptors (Lipinski definition) is 3. The predicted molar refractivity (Wildman–Crippen MR) is 103 cm³/mol. The van der Waals surface area contributed by atoms with Crippen molar-refractivity contribution in [1.82, 2.24) is 10.2 Å². The van der Waals surface area contributed by atoms with Crippen LogP contribution in [0, 0.1) is 20.8 Å². The van der Waals surface area contributed by atoms with Gasteiger partial charge in [-0.15, -0.1) is 0 Å². The van der Waals surface area contributed by atoms with E-state index in [1.807, 2.05) is 63.2 Å². The van der Waals surface area contributed by atoms with Crippen LogP contribution < -0.4 is 10.6 Å². The Morgan fingerprint density at radius 1 is 1.04 bits per heavy atom. The van der Waals surface area contributed by atoms with Crippen LogP contribution in [0.1, 0.15) is 29.2 Å². The fraction of sp³-hybridized carbons (Fsp3) is 0.286. The lowest BCUT2D eigenvalue weighted by molar-refractivity contribution is -0.133. The highest BCUT2D eigenvalue weighted by molar-refractivity contribution is 6.10. The summed E-state index contributed by atoms with van der Waals surface area (Å²) in [4.78, 5) is 38.6. The second-order valence-electron chi connectivity index (χ2n) is 7.18. The van der Waals surface area contributed by atoms with Crippen molar-refractivity contribution in [3.63, 3.8) is 0 Å². The summed E-state index contributed by atoms with van der Waals surface area (Å²) in [6, 6.07) is 12.5. The van der Waals surface area contributed by atoms with Crippen molar-refractivity contribution in [2.75, 3.05) is 11.9 Å². The van der Waals surface area contributed by atoms with Crippen molar-refractivity contribution < 1.29 is 14.4 Å². The van der Waals surface area contributed by atoms with Crippen LogP contribution in [0.5, 0.6) is 0 Å². The van der Waals surface area contributed by atoms with Crippen molar-refractivity contribution in [3.8, 4) is 0 Å². The summed E-state index contributed by atoms with van der Waals surface area (Å²) >= 11 is 0. The van der Waals surface area contributed by atoms with E-state index in [4.69, 9.17) is 0 Å². The number of nitrogens with one attached hydrogen (secondary N) is 2. The maximum Gasteiger partial charge on any atom is 0.325 e. The maximum atomic E-state index is 12.9. The van der Waals surface area contributed by atoms with E-state index in [2.05, 4.69) is 10.6 Å². The number of carbonyl (C=O) groups excluding carboxylic acids is 3. The van der Waals surface area contributed by atoms with Crippen LogP contribution in [0.2, 0.25) is 0 Å². The molecule has 0 saturated carbocycles. The maximum absolute atomic E-state index is 12.9. The van der Waals surface area contributed by atoms with Gasteiger partial charge in [0, 0.05) is 5.69 Å². The van der Waals surface area contributed by atoms with Gasteiger partial charge in [-0.2, -0.15) is 0 Å². The quantitative estimate of drug-likeness (QED) is 0.818. The van der Waals surface area contributed by atoms with Gasteiger partial charge in [0.1, 0.15) is 12.1 Å². The van der Waals surface area contributed by atoms with Gasteiger partial charge in [0.2, 0.25) is 5.91 Å². The molecule has 3 rings (SSSR count). The topological polar surface area (TPSA) is 78.5 Å². The molecule has 1 heterocycles. The van der Waals surface area contributed by atoms with Crippen molar-refractivity contribution >= 4 is 23.5 Å². The Hall–Kier alpha value is -3.15. The molecule has 140 valence electrons. The fourth-order valence-corrected chi connectivity index (χ4v) is 3.21. The molecule has 1 fully saturated rings. The zero-order valence-corrected chi connectivity index (χ0v) is 15.9. The van der Waals surface area contributed by atoms with Crippen LogP contribution in [0.3, 0.4) is 0 Å². The van der Waals surface area contributed by atoms with E-state index < -0.39 is 23.4 Å². The molecule has 27 heavy (non-hydrogen) atoms. The van der Waals surface area contributed by atoms with Gasteiger partial charge in [-0.1, -0.05) is 47.5 Å². The number of urea groups is 1. The zero-order valence-electron chi connectivity index (χ0n) is 15.9. The van der Waals surface area contributed by atoms with Crippen LogP contribution in [-0.2, 0) is 15.1 Å². The van der Waals surface area contributed by atoms with E-state index in [0.717, 1.165) is 21.6 Å². The first kappa shape index (κ1) is 18.6. The van der Waals surface area contributed by atoms with Gasteiger partial charge in [0.05, 0.1) is 0 Å². The number of anilines is 1. The molecule has 0 bridgehead atoms. The van der Waals surface area contributed by atoms with Gasteiger partial charge < -0.3 is 10.6 Å². The second-order valence-corrected chi connectivity index (χ2v) is 7.18. The van der Waals surface area contributed by atoms with Crippen LogP contribution in [-0.4, -0.2) is 29.3 Å². The summed E-state index contributed by atoms with van der Waals surface area (Å²) in [6.07, 6.45) is 0. The van der Waals surface area contributed by atoms with Gasteiger partial charge in [0.15, 0.2) is 0 Å². The number of carbonyl (C=O) groups is 3. The first-order chi connectivity index (χ1) is 12.7. The van der Waals surface area contributed by atoms with Crippen molar-refractivity contribution in [3.05, 3.63) is 64.7 Å². The van der Waals surface area contributed by atoms with Crippen LogP contribution in [0.25, 0.3) is 0 Å². The molecule has 1 atom stereocenters. The smallest absolute Gasteiger partial charge is 0.324 e. The Kier molecular flexibility index (Phi) is 4.74. The lowest BCUT2D eigenvalue weighted by Crippen LogP contribution is -2.42. The highest BCUT2D eigenvalue weighted by Crippen LogP contribution is 2.29. The minimum Gasteiger partial charge on any atom is -0.324 e. The molecule has 6 nitrogen and oxygen atoms in total. The van der Waals surface area contributed by atoms with Crippen molar-refractivity contribution in [1.29, 1.82) is 0 Å². The third-order valence-electron chi connectivity index (χ3n) is 4.86. The van der Waals surface area contributed by atoms with Gasteiger partial charge in [-0.25, -0.2) is 4.79 Å². The lowest BCUT2D eigenvalue weighted by Gasteiger charge is -2.22. The highest BCUT2D eigenvalue weighted by atomic mass is 16.2. The van der Waals surface area contributed by atoms with E-state index in [9.17, 15) is 14.4 Å². The number of hydrogen-bond donors (Lipinski definition) is 2. The zero-order chi connectivity index (χ0) is 19.8. The Morgan fingerprint density at radius 2 is 1.67 bits per heavy atom. The fourth-order valence-electron chi connectivity index (χ4n) is 3.21. The first-order valence-corrected chi connectivity index (χ1v) is 8.79. The molecule has 1 aliphatic rings. The Morgan fingerprint density at radius 3 is 2.30 bits per heavy atom. The standard InChI is InChI=1S/C21H23N3O3/c1-13-5-8-16(9-6-13)21(4)19(26)24(20(27)23-21)12-18(25)22-17-10-7-14(2)11-15(17)3/h5-11H,12H2,1-4H3,(H,22,25)(H,23,27)/t21-/m1/s1. The van der Waals surface area contributed by atoms with Crippen LogP contribution in [0.4, 0.5) is 10.5 Å². The summed E-state index contributed by atoms with van der Waals surface area (Å²) in [7, 11) is 0. The van der Waals surface area contributed by atoms with Gasteiger partial charge in [-0.3, -0.25) is 14.5 Å². The van der Waals surface area contributed by atoms with Crippen LogP contribution in [0.15, 0.2) is 42.5 Å². The van der Waals surface area contributed by atoms with E-state index in [1.165, 1.54) is 0 Å². The minimum absolute atomic E-state index is 0.334. The summed E-state index contributed by atoms with van der Waals surface area (Å²) in [5, 5.41) is 5.48. The van der Waals surface area contributed by atoms with Gasteiger partial charge in [-0.05, 0) is 44.9 Å². The highest BCUT2D eigenvalue weighted by Gasteiger charge is 2.49. The molecule has 0 radical (unpaired) electrons. The Bertz CT molecular complexity index is 921. The molecule has 0 unspecified atom stereocenters. The van der Waals surface area contributed by atoms with Crippen molar-refractivity contribution in [2.45, 2.75) is 33.2 Å². The minimum atomic E-state index is -1.18. The third kappa shape index (κ3) is 3.56. The molecule has 2 aromatic carbocycles. The molecular weight excluding hydrogens is 342 g/mol. The normalized spacial score (nSPS) is 19.2. The van der Waals surface area contributed by atoms with E-state index in [1.54, 1.807) is 6.92 Å². The van der Waals surface area contributed by atoms with E-state index in [0.29, 0.717) is 11.3 Å². The SMILES string of the molecule is Cc1ccc([C@@]2(C)NC(=O)N(CC(=O)Nc3ccc(C)cc3C)C2=O)cc1. The van der Waals surface area contributed by atoms with Crippen molar-refractivity contribution in [2.24, 2.45) is 0 Å². The summed E-state index contributed by atoms with van der Waals surface area (Å²) in [5.74, 6) is -0.856. The average Bonchev–Trinajstić information content (AvgIpc) is 2.82. The molecule has 4 amide bonds. The number of amides is 4. The third-order valence-corrected chi connectivity index (χ3v) is 4.86. The van der Waals surface area contributed by atoms with Gasteiger partial charge in [0.25, 0.3) is 5.91 Å². The molecule has 6 heteroatoms. The second kappa shape index (κ2) is 6.87. The molecular formula is C21H23N3O3. The van der Waals surface area contributed by atoms with E-state index in [-0.39, 0.29) is 6.54 Å². The summed E-state index contributed by atoms with van der Waals surface area (Å²) < 4.78 is 0. The largest absolute Gasteiger partial charge is 0.325 e. The molecule has 0 aliphatic carbocycles. The Labute approximate surface area is 158 Å². The molecule has 1 aliphatic heterocycles. The van der Waals surface area contributed by atoms with E-state index >= 15 is 0 Å². The predicted octanol–water partition coefficient (Wildman–Crippen LogP) is 3.02. The number of nitrogens with zero attached hydrogens (tertiary/aromatic N) is 1. The number of rotatable bonds is 4. The molecule has 0 spiro atoms. The van der Waals surface area contributed by atoms with Crippen LogP contribution >= 0.6 is 0 Å². The monoisotopic (exact) mass is 365 g/mol. The number of benzene rings is 2. The number of imide groups is 1. The molecule has 2 N–H and O–H groups in total. The average molecular weight is 365 g/mol. The molecule has 0 aromatic heterocycles. The summed E-state index contributed by atoms with van der Waals surface area (Å²) in [6.45, 7) is 7.13. The molecule has 1 saturated heterocycles.